The zero-order valence-corrected chi connectivity index (χ0v) is 13.9. The average molecular weight is 340 g/mol. The van der Waals surface area contributed by atoms with E-state index in [1.165, 1.54) is 18.2 Å². The summed E-state index contributed by atoms with van der Waals surface area (Å²) in [6.45, 7) is 4.03. The summed E-state index contributed by atoms with van der Waals surface area (Å²) in [5, 5.41) is 0. The van der Waals surface area contributed by atoms with Gasteiger partial charge in [-0.2, -0.15) is 0 Å². The lowest BCUT2D eigenvalue weighted by atomic mass is 10.0. The van der Waals surface area contributed by atoms with Crippen LogP contribution < -0.4 is 0 Å². The summed E-state index contributed by atoms with van der Waals surface area (Å²) in [5.41, 5.74) is 0.275. The molecule has 3 rings (SSSR count). The molecule has 0 unspecified atom stereocenters. The third-order valence-corrected chi connectivity index (χ3v) is 6.33. The molecule has 0 radical (unpaired) electrons. The molecule has 2 heterocycles. The van der Waals surface area contributed by atoms with E-state index in [-0.39, 0.29) is 35.1 Å². The van der Waals surface area contributed by atoms with E-state index in [1.54, 1.807) is 11.0 Å². The molecule has 0 bridgehead atoms. The number of carbonyl (C=O) groups is 1. The smallest absolute Gasteiger partial charge is 0.254 e. The average Bonchev–Trinajstić information content (AvgIpc) is 2.82. The van der Waals surface area contributed by atoms with Crippen LogP contribution in [0.25, 0.3) is 0 Å². The molecule has 1 amide bonds. The van der Waals surface area contributed by atoms with Gasteiger partial charge in [0.1, 0.15) is 5.82 Å². The molecule has 0 aliphatic carbocycles. The van der Waals surface area contributed by atoms with Crippen LogP contribution in [0.2, 0.25) is 0 Å². The van der Waals surface area contributed by atoms with Crippen LogP contribution in [-0.2, 0) is 9.84 Å². The van der Waals surface area contributed by atoms with Gasteiger partial charge in [0, 0.05) is 24.7 Å². The number of amides is 1. The highest BCUT2D eigenvalue weighted by Crippen LogP contribution is 2.28. The molecule has 7 heteroatoms. The number of halogens is 1. The molecule has 2 saturated heterocycles. The van der Waals surface area contributed by atoms with Gasteiger partial charge < -0.3 is 4.90 Å². The van der Waals surface area contributed by atoms with Crippen LogP contribution in [0.3, 0.4) is 0 Å². The van der Waals surface area contributed by atoms with E-state index in [9.17, 15) is 17.6 Å². The van der Waals surface area contributed by atoms with Crippen LogP contribution in [0.15, 0.2) is 24.3 Å². The van der Waals surface area contributed by atoms with E-state index < -0.39 is 15.7 Å². The molecule has 2 aliphatic heterocycles. The van der Waals surface area contributed by atoms with E-state index in [0.717, 1.165) is 13.0 Å². The minimum Gasteiger partial charge on any atom is -0.332 e. The number of nitrogens with zero attached hydrogens (tertiary/aromatic N) is 2. The van der Waals surface area contributed by atoms with E-state index in [0.29, 0.717) is 13.1 Å². The van der Waals surface area contributed by atoms with Gasteiger partial charge in [0.25, 0.3) is 5.91 Å². The van der Waals surface area contributed by atoms with Crippen molar-refractivity contribution in [3.8, 4) is 0 Å². The fraction of sp³-hybridized carbons (Fsp3) is 0.562. The minimum absolute atomic E-state index is 0.00105. The van der Waals surface area contributed by atoms with Crippen molar-refractivity contribution in [2.75, 3.05) is 31.1 Å². The Bertz CT molecular complexity index is 707. The summed E-state index contributed by atoms with van der Waals surface area (Å²) >= 11 is 0. The van der Waals surface area contributed by atoms with Gasteiger partial charge >= 0.3 is 0 Å². The summed E-state index contributed by atoms with van der Waals surface area (Å²) in [7, 11) is -3.15. The first-order valence-corrected chi connectivity index (χ1v) is 9.74. The first-order valence-electron chi connectivity index (χ1n) is 7.92. The zero-order valence-electron chi connectivity index (χ0n) is 13.1. The molecule has 2 aliphatic rings. The molecule has 0 spiro atoms. The summed E-state index contributed by atoms with van der Waals surface area (Å²) in [4.78, 5) is 16.5. The maximum Gasteiger partial charge on any atom is 0.254 e. The Balaban J connectivity index is 1.87. The molecule has 5 nitrogen and oxygen atoms in total. The van der Waals surface area contributed by atoms with Crippen LogP contribution in [0.4, 0.5) is 4.39 Å². The Labute approximate surface area is 136 Å². The number of hydrogen-bond acceptors (Lipinski definition) is 4. The fourth-order valence-electron chi connectivity index (χ4n) is 3.63. The number of carbonyl (C=O) groups excluding carboxylic acids is 1. The normalized spacial score (nSPS) is 27.0. The highest BCUT2D eigenvalue weighted by Gasteiger charge is 2.47. The molecule has 1 aromatic carbocycles. The van der Waals surface area contributed by atoms with Crippen LogP contribution >= 0.6 is 0 Å². The van der Waals surface area contributed by atoms with Crippen LogP contribution in [0, 0.1) is 5.82 Å². The summed E-state index contributed by atoms with van der Waals surface area (Å²) in [6.07, 6.45) is 0.946. The maximum absolute atomic E-state index is 13.4. The quantitative estimate of drug-likeness (QED) is 0.829. The summed E-state index contributed by atoms with van der Waals surface area (Å²) < 4.78 is 37.5. The molecule has 2 atom stereocenters. The molecule has 0 N–H and O–H groups in total. The van der Waals surface area contributed by atoms with Crippen molar-refractivity contribution in [3.05, 3.63) is 35.6 Å². The number of fused-ring (bicyclic) bond motifs is 1. The predicted molar refractivity (Wildman–Crippen MR) is 85.5 cm³/mol. The van der Waals surface area contributed by atoms with Crippen LogP contribution in [0.1, 0.15) is 23.7 Å². The van der Waals surface area contributed by atoms with Crippen molar-refractivity contribution >= 4 is 15.7 Å². The Hall–Kier alpha value is -1.47. The number of hydrogen-bond donors (Lipinski definition) is 0. The van der Waals surface area contributed by atoms with Gasteiger partial charge in [-0.1, -0.05) is 13.0 Å². The van der Waals surface area contributed by atoms with E-state index >= 15 is 0 Å². The number of rotatable bonds is 3. The molecule has 1 aromatic rings. The molecule has 0 saturated carbocycles. The number of sulfone groups is 1. The van der Waals surface area contributed by atoms with E-state index in [2.05, 4.69) is 11.8 Å². The van der Waals surface area contributed by atoms with Crippen LogP contribution in [0.5, 0.6) is 0 Å². The number of piperazine rings is 1. The third kappa shape index (κ3) is 3.26. The topological polar surface area (TPSA) is 57.7 Å². The van der Waals surface area contributed by atoms with Crippen molar-refractivity contribution in [1.82, 2.24) is 9.80 Å². The van der Waals surface area contributed by atoms with Gasteiger partial charge in [0.15, 0.2) is 9.84 Å². The Kier molecular flexibility index (Phi) is 4.42. The highest BCUT2D eigenvalue weighted by atomic mass is 32.2. The van der Waals surface area contributed by atoms with Crippen LogP contribution in [-0.4, -0.2) is 67.3 Å². The first-order chi connectivity index (χ1) is 10.9. The molecular formula is C16H21FN2O3S. The largest absolute Gasteiger partial charge is 0.332 e. The van der Waals surface area contributed by atoms with Crippen molar-refractivity contribution in [1.29, 1.82) is 0 Å². The SMILES string of the molecule is CCCN1CCN(C(=O)c2cccc(F)c2)[C@@H]2CS(=O)(=O)C[C@@H]21. The fourth-order valence-corrected chi connectivity index (χ4v) is 5.64. The monoisotopic (exact) mass is 340 g/mol. The van der Waals surface area contributed by atoms with Gasteiger partial charge in [-0.15, -0.1) is 0 Å². The van der Waals surface area contributed by atoms with Crippen molar-refractivity contribution in [2.45, 2.75) is 25.4 Å². The second-order valence-corrected chi connectivity index (χ2v) is 8.41. The van der Waals surface area contributed by atoms with Gasteiger partial charge in [0.05, 0.1) is 17.5 Å². The standard InChI is InChI=1S/C16H21FN2O3S/c1-2-6-18-7-8-19(15-11-23(21,22)10-14(15)18)16(20)12-4-3-5-13(17)9-12/h3-5,9,14-15H,2,6-8,10-11H2,1H3/t14-,15+/m0/s1. The van der Waals surface area contributed by atoms with E-state index in [4.69, 9.17) is 0 Å². The second-order valence-electron chi connectivity index (χ2n) is 6.26. The summed E-state index contributed by atoms with van der Waals surface area (Å²) in [5.74, 6) is -0.646. The number of benzene rings is 1. The van der Waals surface area contributed by atoms with Gasteiger partial charge in [-0.3, -0.25) is 9.69 Å². The van der Waals surface area contributed by atoms with Gasteiger partial charge in [-0.25, -0.2) is 12.8 Å². The maximum atomic E-state index is 13.4. The zero-order chi connectivity index (χ0) is 16.6. The Morgan fingerprint density at radius 1 is 1.26 bits per heavy atom. The Morgan fingerprint density at radius 2 is 2.00 bits per heavy atom. The Morgan fingerprint density at radius 3 is 2.70 bits per heavy atom. The van der Waals surface area contributed by atoms with Crippen molar-refractivity contribution < 1.29 is 17.6 Å². The predicted octanol–water partition coefficient (Wildman–Crippen LogP) is 1.16. The van der Waals surface area contributed by atoms with Crippen molar-refractivity contribution in [3.63, 3.8) is 0 Å². The first kappa shape index (κ1) is 16.4. The lowest BCUT2D eigenvalue weighted by Gasteiger charge is -2.43. The molecule has 23 heavy (non-hydrogen) atoms. The van der Waals surface area contributed by atoms with Crippen molar-refractivity contribution in [2.24, 2.45) is 0 Å². The second kappa shape index (κ2) is 6.20. The third-order valence-electron chi connectivity index (χ3n) is 4.63. The highest BCUT2D eigenvalue weighted by molar-refractivity contribution is 7.91. The lowest BCUT2D eigenvalue weighted by Crippen LogP contribution is -2.60. The van der Waals surface area contributed by atoms with Gasteiger partial charge in [-0.05, 0) is 31.2 Å². The molecule has 0 aromatic heterocycles. The molecule has 2 fully saturated rings. The minimum atomic E-state index is -3.15. The van der Waals surface area contributed by atoms with Gasteiger partial charge in [0.2, 0.25) is 0 Å². The lowest BCUT2D eigenvalue weighted by molar-refractivity contribution is 0.0333. The molecular weight excluding hydrogens is 319 g/mol. The molecule has 126 valence electrons. The van der Waals surface area contributed by atoms with E-state index in [1.807, 2.05) is 0 Å². The summed E-state index contributed by atoms with van der Waals surface area (Å²) in [6, 6.07) is 5.08.